The van der Waals surface area contributed by atoms with Gasteiger partial charge in [0.1, 0.15) is 11.4 Å². The van der Waals surface area contributed by atoms with Gasteiger partial charge in [-0.1, -0.05) is 0 Å². The van der Waals surface area contributed by atoms with Crippen molar-refractivity contribution in [2.24, 2.45) is 0 Å². The molecule has 0 radical (unpaired) electrons. The Hall–Kier alpha value is -1.69. The molecule has 0 aliphatic rings. The maximum absolute atomic E-state index is 10.6. The van der Waals surface area contributed by atoms with E-state index in [0.29, 0.717) is 11.5 Å². The number of nitrogens with one attached hydrogen (secondary N) is 1. The molecule has 2 N–H and O–H groups in total. The Morgan fingerprint density at radius 1 is 1.33 bits per heavy atom. The average molecular weight is 268 g/mol. The lowest BCUT2D eigenvalue weighted by atomic mass is 10.3. The third kappa shape index (κ3) is 2.04. The Kier molecular flexibility index (Phi) is 2.51. The van der Waals surface area contributed by atoms with E-state index in [0.717, 1.165) is 4.47 Å². The minimum Gasteiger partial charge on any atom is -0.477 e. The van der Waals surface area contributed by atoms with Crippen LogP contribution in [-0.4, -0.2) is 26.0 Å². The topological polar surface area (TPSA) is 78.9 Å². The molecule has 0 atom stereocenters. The van der Waals surface area contributed by atoms with Gasteiger partial charge in [-0.05, 0) is 28.1 Å². The van der Waals surface area contributed by atoms with Gasteiger partial charge in [-0.2, -0.15) is 0 Å². The number of carboxylic acids is 1. The van der Waals surface area contributed by atoms with Crippen LogP contribution in [0.25, 0.3) is 11.5 Å². The molecule has 6 heteroatoms. The molecule has 0 saturated heterocycles. The maximum Gasteiger partial charge on any atom is 0.353 e. The molecule has 0 saturated carbocycles. The molecule has 0 amide bonds. The van der Waals surface area contributed by atoms with Gasteiger partial charge < -0.3 is 10.1 Å². The van der Waals surface area contributed by atoms with Gasteiger partial charge in [0.2, 0.25) is 0 Å². The number of hydrogen-bond donors (Lipinski definition) is 2. The first-order valence-corrected chi connectivity index (χ1v) is 4.86. The van der Waals surface area contributed by atoms with Gasteiger partial charge in [0.15, 0.2) is 5.82 Å². The third-order valence-electron chi connectivity index (χ3n) is 1.78. The Balaban J connectivity index is 2.37. The Morgan fingerprint density at radius 3 is 2.67 bits per heavy atom. The summed E-state index contributed by atoms with van der Waals surface area (Å²) in [6, 6.07) is 3.56. The highest BCUT2D eigenvalue weighted by Crippen LogP contribution is 2.15. The molecular formula is C9H6BrN3O2. The molecule has 2 aromatic heterocycles. The number of aromatic amines is 1. The summed E-state index contributed by atoms with van der Waals surface area (Å²) in [4.78, 5) is 21.3. The maximum atomic E-state index is 10.6. The fourth-order valence-corrected chi connectivity index (χ4v) is 1.31. The molecule has 5 nitrogen and oxygen atoms in total. The second kappa shape index (κ2) is 3.82. The molecule has 0 unspecified atom stereocenters. The van der Waals surface area contributed by atoms with E-state index in [2.05, 4.69) is 30.9 Å². The molecule has 0 bridgehead atoms. The quantitative estimate of drug-likeness (QED) is 0.872. The summed E-state index contributed by atoms with van der Waals surface area (Å²) in [5, 5.41) is 8.69. The standard InChI is InChI=1S/C9H6BrN3O2/c10-5-1-2-6(11-3-5)8-12-4-7(13-8)9(14)15/h1-4H,(H,12,13)(H,14,15). The second-order valence-corrected chi connectivity index (χ2v) is 3.73. The number of halogens is 1. The molecule has 2 aromatic rings. The summed E-state index contributed by atoms with van der Waals surface area (Å²) in [6.07, 6.45) is 2.89. The van der Waals surface area contributed by atoms with Gasteiger partial charge in [-0.3, -0.25) is 4.98 Å². The van der Waals surface area contributed by atoms with E-state index in [1.165, 1.54) is 6.20 Å². The van der Waals surface area contributed by atoms with Crippen molar-refractivity contribution in [1.29, 1.82) is 0 Å². The van der Waals surface area contributed by atoms with Crippen LogP contribution in [0.5, 0.6) is 0 Å². The number of pyridine rings is 1. The molecule has 76 valence electrons. The van der Waals surface area contributed by atoms with Crippen LogP contribution in [0, 0.1) is 0 Å². The van der Waals surface area contributed by atoms with Crippen molar-refractivity contribution in [2.75, 3.05) is 0 Å². The molecule has 2 rings (SSSR count). The highest BCUT2D eigenvalue weighted by atomic mass is 79.9. The summed E-state index contributed by atoms with van der Waals surface area (Å²) >= 11 is 3.26. The number of carboxylic acid groups (broad SMARTS) is 1. The van der Waals surface area contributed by atoms with Crippen molar-refractivity contribution in [1.82, 2.24) is 15.0 Å². The Morgan fingerprint density at radius 2 is 2.13 bits per heavy atom. The number of imidazole rings is 1. The van der Waals surface area contributed by atoms with Crippen molar-refractivity contribution in [3.63, 3.8) is 0 Å². The first-order valence-electron chi connectivity index (χ1n) is 4.07. The Bertz CT molecular complexity index is 492. The number of aromatic nitrogens is 3. The average Bonchev–Trinajstić information content (AvgIpc) is 2.68. The molecule has 0 fully saturated rings. The minimum atomic E-state index is -1.04. The smallest absolute Gasteiger partial charge is 0.353 e. The van der Waals surface area contributed by atoms with E-state index in [9.17, 15) is 4.79 Å². The predicted octanol–water partition coefficient (Wildman–Crippen LogP) is 1.93. The summed E-state index contributed by atoms with van der Waals surface area (Å²) in [6.45, 7) is 0. The van der Waals surface area contributed by atoms with Gasteiger partial charge in [0.25, 0.3) is 0 Å². The fourth-order valence-electron chi connectivity index (χ4n) is 1.08. The third-order valence-corrected chi connectivity index (χ3v) is 2.25. The number of carbonyl (C=O) groups is 1. The number of rotatable bonds is 2. The summed E-state index contributed by atoms with van der Waals surface area (Å²) in [7, 11) is 0. The zero-order valence-corrected chi connectivity index (χ0v) is 9.02. The monoisotopic (exact) mass is 267 g/mol. The molecule has 0 aliphatic carbocycles. The first kappa shape index (κ1) is 9.85. The van der Waals surface area contributed by atoms with Gasteiger partial charge in [0.05, 0.1) is 6.20 Å². The number of hydrogen-bond acceptors (Lipinski definition) is 3. The number of H-pyrrole nitrogens is 1. The molecular weight excluding hydrogens is 262 g/mol. The lowest BCUT2D eigenvalue weighted by Gasteiger charge is -1.95. The lowest BCUT2D eigenvalue weighted by molar-refractivity contribution is 0.0691. The van der Waals surface area contributed by atoms with Crippen molar-refractivity contribution >= 4 is 21.9 Å². The van der Waals surface area contributed by atoms with E-state index in [-0.39, 0.29) is 5.69 Å². The second-order valence-electron chi connectivity index (χ2n) is 2.81. The van der Waals surface area contributed by atoms with Crippen molar-refractivity contribution in [3.05, 3.63) is 34.7 Å². The van der Waals surface area contributed by atoms with E-state index >= 15 is 0 Å². The highest BCUT2D eigenvalue weighted by Gasteiger charge is 2.09. The first-order chi connectivity index (χ1) is 7.16. The van der Waals surface area contributed by atoms with Gasteiger partial charge in [-0.25, -0.2) is 9.78 Å². The largest absolute Gasteiger partial charge is 0.477 e. The van der Waals surface area contributed by atoms with Crippen LogP contribution in [-0.2, 0) is 0 Å². The van der Waals surface area contributed by atoms with Crippen LogP contribution in [0.15, 0.2) is 29.0 Å². The predicted molar refractivity (Wildman–Crippen MR) is 56.5 cm³/mol. The molecule has 0 aliphatic heterocycles. The zero-order valence-electron chi connectivity index (χ0n) is 7.44. The number of nitrogens with zero attached hydrogens (tertiary/aromatic N) is 2. The van der Waals surface area contributed by atoms with E-state index in [4.69, 9.17) is 5.11 Å². The van der Waals surface area contributed by atoms with Crippen LogP contribution in [0.2, 0.25) is 0 Å². The van der Waals surface area contributed by atoms with Crippen molar-refractivity contribution in [2.45, 2.75) is 0 Å². The highest BCUT2D eigenvalue weighted by molar-refractivity contribution is 9.10. The molecule has 0 aromatic carbocycles. The fraction of sp³-hybridized carbons (Fsp3) is 0. The van der Waals surface area contributed by atoms with Gasteiger partial charge in [0, 0.05) is 10.7 Å². The normalized spacial score (nSPS) is 10.2. The van der Waals surface area contributed by atoms with Crippen LogP contribution in [0.1, 0.15) is 10.5 Å². The minimum absolute atomic E-state index is 0.0507. The van der Waals surface area contributed by atoms with E-state index in [1.807, 2.05) is 6.07 Å². The van der Waals surface area contributed by atoms with Crippen LogP contribution < -0.4 is 0 Å². The molecule has 15 heavy (non-hydrogen) atoms. The number of aromatic carboxylic acids is 1. The van der Waals surface area contributed by atoms with Crippen molar-refractivity contribution < 1.29 is 9.90 Å². The summed E-state index contributed by atoms with van der Waals surface area (Å²) in [5.74, 6) is -0.592. The van der Waals surface area contributed by atoms with Crippen LogP contribution >= 0.6 is 15.9 Å². The van der Waals surface area contributed by atoms with Gasteiger partial charge >= 0.3 is 5.97 Å². The van der Waals surface area contributed by atoms with E-state index in [1.54, 1.807) is 12.3 Å². The van der Waals surface area contributed by atoms with E-state index < -0.39 is 5.97 Å². The summed E-state index contributed by atoms with van der Waals surface area (Å²) in [5.41, 5.74) is 0.653. The Labute approximate surface area is 93.3 Å². The van der Waals surface area contributed by atoms with Crippen LogP contribution in [0.3, 0.4) is 0 Å². The van der Waals surface area contributed by atoms with Crippen molar-refractivity contribution in [3.8, 4) is 11.5 Å². The SMILES string of the molecule is O=C(O)c1cnc(-c2ccc(Br)cn2)[nH]1. The van der Waals surface area contributed by atoms with Gasteiger partial charge in [-0.15, -0.1) is 0 Å². The molecule has 2 heterocycles. The van der Waals surface area contributed by atoms with Crippen LogP contribution in [0.4, 0.5) is 0 Å². The zero-order chi connectivity index (χ0) is 10.8. The molecule has 0 spiro atoms. The summed E-state index contributed by atoms with van der Waals surface area (Å²) < 4.78 is 0.858. The lowest BCUT2D eigenvalue weighted by Crippen LogP contribution is -1.95.